The number of hydrogen-bond acceptors (Lipinski definition) is 5. The second kappa shape index (κ2) is 6.73. The summed E-state index contributed by atoms with van der Waals surface area (Å²) in [6.07, 6.45) is 4.36. The summed E-state index contributed by atoms with van der Waals surface area (Å²) >= 11 is 1.71. The summed E-state index contributed by atoms with van der Waals surface area (Å²) in [5.74, 6) is 0.533. The highest BCUT2D eigenvalue weighted by Crippen LogP contribution is 2.45. The Morgan fingerprint density at radius 1 is 1.38 bits per heavy atom. The maximum atomic E-state index is 13.2. The van der Waals surface area contributed by atoms with Crippen molar-refractivity contribution >= 4 is 17.2 Å². The molecule has 1 spiro atoms. The first kappa shape index (κ1) is 16.5. The van der Waals surface area contributed by atoms with Gasteiger partial charge in [0.15, 0.2) is 0 Å². The van der Waals surface area contributed by atoms with Crippen molar-refractivity contribution in [1.82, 2.24) is 14.8 Å². The second-order valence-corrected chi connectivity index (χ2v) is 8.65. The molecule has 1 atom stereocenters. The fraction of sp³-hybridized carbons (Fsp3) is 0.778. The Morgan fingerprint density at radius 2 is 2.12 bits per heavy atom. The van der Waals surface area contributed by atoms with Crippen LogP contribution in [-0.2, 0) is 16.1 Å². The normalized spacial score (nSPS) is 27.2. The minimum Gasteiger partial charge on any atom is -0.381 e. The fourth-order valence-electron chi connectivity index (χ4n) is 4.68. The molecule has 3 fully saturated rings. The highest BCUT2D eigenvalue weighted by atomic mass is 32.1. The van der Waals surface area contributed by atoms with Gasteiger partial charge in [-0.2, -0.15) is 0 Å². The Hall–Kier alpha value is -0.980. The lowest BCUT2D eigenvalue weighted by Crippen LogP contribution is -2.45. The van der Waals surface area contributed by atoms with Crippen LogP contribution in [0.1, 0.15) is 36.4 Å². The van der Waals surface area contributed by atoms with Crippen molar-refractivity contribution in [3.8, 4) is 0 Å². The summed E-state index contributed by atoms with van der Waals surface area (Å²) in [5.41, 5.74) is 1.26. The first-order chi connectivity index (χ1) is 11.7. The average molecular weight is 350 g/mol. The van der Waals surface area contributed by atoms with E-state index in [-0.39, 0.29) is 11.3 Å². The first-order valence-corrected chi connectivity index (χ1v) is 10.0. The average Bonchev–Trinajstić information content (AvgIpc) is 3.30. The van der Waals surface area contributed by atoms with Gasteiger partial charge >= 0.3 is 0 Å². The molecule has 0 aromatic carbocycles. The summed E-state index contributed by atoms with van der Waals surface area (Å²) in [4.78, 5) is 22.3. The number of aromatic nitrogens is 1. The molecule has 6 heteroatoms. The van der Waals surface area contributed by atoms with Gasteiger partial charge in [-0.3, -0.25) is 9.69 Å². The van der Waals surface area contributed by atoms with E-state index < -0.39 is 0 Å². The van der Waals surface area contributed by atoms with Crippen molar-refractivity contribution < 1.29 is 9.53 Å². The van der Waals surface area contributed by atoms with Crippen LogP contribution in [0, 0.1) is 18.3 Å². The molecule has 0 aliphatic carbocycles. The van der Waals surface area contributed by atoms with Crippen molar-refractivity contribution in [1.29, 1.82) is 0 Å². The van der Waals surface area contributed by atoms with E-state index in [0.717, 1.165) is 82.3 Å². The van der Waals surface area contributed by atoms with Gasteiger partial charge in [-0.25, -0.2) is 4.98 Å². The molecule has 0 saturated carbocycles. The smallest absolute Gasteiger partial charge is 0.227 e. The van der Waals surface area contributed by atoms with E-state index in [2.05, 4.69) is 27.1 Å². The number of carbonyl (C=O) groups is 1. The van der Waals surface area contributed by atoms with E-state index in [4.69, 9.17) is 4.74 Å². The molecule has 24 heavy (non-hydrogen) atoms. The van der Waals surface area contributed by atoms with Crippen LogP contribution in [0.15, 0.2) is 5.38 Å². The van der Waals surface area contributed by atoms with Gasteiger partial charge in [0.1, 0.15) is 0 Å². The predicted octanol–water partition coefficient (Wildman–Crippen LogP) is 2.30. The largest absolute Gasteiger partial charge is 0.381 e. The summed E-state index contributed by atoms with van der Waals surface area (Å²) in [7, 11) is 0. The number of rotatable bonds is 3. The van der Waals surface area contributed by atoms with E-state index >= 15 is 0 Å². The molecule has 4 heterocycles. The number of amides is 1. The summed E-state index contributed by atoms with van der Waals surface area (Å²) in [6.45, 7) is 8.32. The lowest BCUT2D eigenvalue weighted by Gasteiger charge is -2.38. The van der Waals surface area contributed by atoms with Crippen LogP contribution in [-0.4, -0.2) is 60.1 Å². The minimum atomic E-state index is 0.114. The van der Waals surface area contributed by atoms with Crippen LogP contribution < -0.4 is 0 Å². The maximum absolute atomic E-state index is 13.2. The second-order valence-electron chi connectivity index (χ2n) is 7.59. The summed E-state index contributed by atoms with van der Waals surface area (Å²) < 4.78 is 5.61. The van der Waals surface area contributed by atoms with Crippen molar-refractivity contribution in [2.24, 2.45) is 11.3 Å². The highest BCUT2D eigenvalue weighted by molar-refractivity contribution is 7.09. The van der Waals surface area contributed by atoms with Crippen LogP contribution in [0.5, 0.6) is 0 Å². The lowest BCUT2D eigenvalue weighted by molar-refractivity contribution is -0.139. The number of nitrogens with zero attached hydrogens (tertiary/aromatic N) is 3. The minimum absolute atomic E-state index is 0.114. The van der Waals surface area contributed by atoms with E-state index in [1.165, 1.54) is 0 Å². The van der Waals surface area contributed by atoms with Gasteiger partial charge in [-0.1, -0.05) is 0 Å². The lowest BCUT2D eigenvalue weighted by atomic mass is 9.71. The SMILES string of the molecule is Cc1nc(CN2CC(C(=O)N3CCCC3)C3(CCOCC3)C2)cs1. The highest BCUT2D eigenvalue weighted by Gasteiger charge is 2.51. The van der Waals surface area contributed by atoms with E-state index in [1.54, 1.807) is 11.3 Å². The van der Waals surface area contributed by atoms with E-state index in [1.807, 2.05) is 0 Å². The fourth-order valence-corrected chi connectivity index (χ4v) is 5.29. The molecule has 5 nitrogen and oxygen atoms in total. The maximum Gasteiger partial charge on any atom is 0.227 e. The summed E-state index contributed by atoms with van der Waals surface area (Å²) in [5, 5.41) is 3.27. The van der Waals surface area contributed by atoms with E-state index in [0.29, 0.717) is 5.91 Å². The topological polar surface area (TPSA) is 45.7 Å². The van der Waals surface area contributed by atoms with Gasteiger partial charge in [0, 0.05) is 56.7 Å². The molecule has 1 unspecified atom stereocenters. The Labute approximate surface area is 148 Å². The zero-order valence-corrected chi connectivity index (χ0v) is 15.3. The van der Waals surface area contributed by atoms with Crippen LogP contribution in [0.25, 0.3) is 0 Å². The molecule has 3 saturated heterocycles. The molecule has 0 N–H and O–H groups in total. The van der Waals surface area contributed by atoms with Gasteiger partial charge in [0.2, 0.25) is 5.91 Å². The molecule has 4 rings (SSSR count). The summed E-state index contributed by atoms with van der Waals surface area (Å²) in [6, 6.07) is 0. The van der Waals surface area contributed by atoms with Gasteiger partial charge in [-0.15, -0.1) is 11.3 Å². The standard InChI is InChI=1S/C18H27N3O2S/c1-14-19-15(12-24-14)10-20-11-16(17(22)21-6-2-3-7-21)18(13-20)4-8-23-9-5-18/h12,16H,2-11,13H2,1H3. The molecule has 3 aliphatic heterocycles. The van der Waals surface area contributed by atoms with E-state index in [9.17, 15) is 4.79 Å². The molecule has 1 amide bonds. The third kappa shape index (κ3) is 3.11. The Bertz CT molecular complexity index is 591. The van der Waals surface area contributed by atoms with Crippen molar-refractivity contribution in [3.63, 3.8) is 0 Å². The Kier molecular flexibility index (Phi) is 4.62. The van der Waals surface area contributed by atoms with Crippen molar-refractivity contribution in [2.45, 2.75) is 39.2 Å². The molecular formula is C18H27N3O2S. The van der Waals surface area contributed by atoms with Crippen molar-refractivity contribution in [3.05, 3.63) is 16.1 Å². The molecule has 3 aliphatic rings. The van der Waals surface area contributed by atoms with Crippen LogP contribution >= 0.6 is 11.3 Å². The molecule has 0 radical (unpaired) electrons. The third-order valence-electron chi connectivity index (χ3n) is 5.98. The number of ether oxygens (including phenoxy) is 1. The van der Waals surface area contributed by atoms with Crippen LogP contribution in [0.2, 0.25) is 0 Å². The van der Waals surface area contributed by atoms with Gasteiger partial charge in [-0.05, 0) is 32.6 Å². The van der Waals surface area contributed by atoms with Crippen LogP contribution in [0.3, 0.4) is 0 Å². The number of likely N-dealkylation sites (tertiary alicyclic amines) is 2. The predicted molar refractivity (Wildman–Crippen MR) is 93.9 cm³/mol. The number of hydrogen-bond donors (Lipinski definition) is 0. The Morgan fingerprint density at radius 3 is 2.79 bits per heavy atom. The van der Waals surface area contributed by atoms with Crippen LogP contribution in [0.4, 0.5) is 0 Å². The Balaban J connectivity index is 1.52. The first-order valence-electron chi connectivity index (χ1n) is 9.16. The molecule has 0 bridgehead atoms. The zero-order chi connectivity index (χ0) is 16.6. The van der Waals surface area contributed by atoms with Gasteiger partial charge in [0.05, 0.1) is 16.6 Å². The van der Waals surface area contributed by atoms with Gasteiger partial charge < -0.3 is 9.64 Å². The third-order valence-corrected chi connectivity index (χ3v) is 6.80. The van der Waals surface area contributed by atoms with Gasteiger partial charge in [0.25, 0.3) is 0 Å². The molecule has 1 aromatic rings. The monoisotopic (exact) mass is 349 g/mol. The van der Waals surface area contributed by atoms with Crippen molar-refractivity contribution in [2.75, 3.05) is 39.4 Å². The molecular weight excluding hydrogens is 322 g/mol. The number of carbonyl (C=O) groups excluding carboxylic acids is 1. The number of aryl methyl sites for hydroxylation is 1. The zero-order valence-electron chi connectivity index (χ0n) is 14.5. The molecule has 132 valence electrons. The molecule has 1 aromatic heterocycles. The number of thiazole rings is 1. The quantitative estimate of drug-likeness (QED) is 0.840.